The molecule has 2 aromatic heterocycles. The maximum atomic E-state index is 13.4. The molecule has 4 rings (SSSR count). The van der Waals surface area contributed by atoms with Gasteiger partial charge in [0.25, 0.3) is 5.56 Å². The lowest BCUT2D eigenvalue weighted by atomic mass is 10.1. The van der Waals surface area contributed by atoms with Gasteiger partial charge in [0.15, 0.2) is 5.82 Å². The van der Waals surface area contributed by atoms with Crippen LogP contribution in [0.15, 0.2) is 88.7 Å². The summed E-state index contributed by atoms with van der Waals surface area (Å²) in [5.74, 6) is 0.229. The zero-order valence-electron chi connectivity index (χ0n) is 21.1. The topological polar surface area (TPSA) is 132 Å². The number of aryl methyl sites for hydroxylation is 1. The van der Waals surface area contributed by atoms with Crippen LogP contribution in [0.1, 0.15) is 22.5 Å². The average molecular weight is 531 g/mol. The number of amides is 1. The highest BCUT2D eigenvalue weighted by Gasteiger charge is 2.16. The standard InChI is InChI=1S/C28H30N6O3S/c1-20-22(12-13-25(29)33-20)16-31-26(35)18-34-23(19-38(37)24-10-6-3-7-11-24)17-32-27(28(34)36)30-15-14-21-8-4-2-5-9-21/h2-13,17H,14-16,18-19H2,1H3,(H2,29,33)(H,30,32)(H,31,35). The van der Waals surface area contributed by atoms with Crippen molar-refractivity contribution in [1.29, 1.82) is 0 Å². The Labute approximate surface area is 223 Å². The van der Waals surface area contributed by atoms with Crippen molar-refractivity contribution < 1.29 is 9.00 Å². The molecule has 0 spiro atoms. The molecule has 0 aliphatic rings. The van der Waals surface area contributed by atoms with Crippen LogP contribution in [-0.2, 0) is 40.9 Å². The summed E-state index contributed by atoms with van der Waals surface area (Å²) < 4.78 is 14.3. The number of pyridine rings is 1. The van der Waals surface area contributed by atoms with Gasteiger partial charge in [-0.15, -0.1) is 0 Å². The van der Waals surface area contributed by atoms with Gasteiger partial charge in [-0.1, -0.05) is 54.6 Å². The number of rotatable bonds is 11. The lowest BCUT2D eigenvalue weighted by Gasteiger charge is -2.15. The van der Waals surface area contributed by atoms with Crippen LogP contribution >= 0.6 is 0 Å². The summed E-state index contributed by atoms with van der Waals surface area (Å²) in [7, 11) is -1.42. The Bertz CT molecular complexity index is 1480. The SMILES string of the molecule is Cc1nc(N)ccc1CNC(=O)Cn1c(CS(=O)c2ccccc2)cnc(NCCc2ccccc2)c1=O. The van der Waals surface area contributed by atoms with Gasteiger partial charge in [-0.2, -0.15) is 0 Å². The van der Waals surface area contributed by atoms with Crippen LogP contribution in [-0.4, -0.2) is 31.2 Å². The Kier molecular flexibility index (Phi) is 8.99. The molecule has 196 valence electrons. The van der Waals surface area contributed by atoms with E-state index in [4.69, 9.17) is 5.73 Å². The molecule has 10 heteroatoms. The lowest BCUT2D eigenvalue weighted by molar-refractivity contribution is -0.121. The molecule has 4 aromatic rings. The first-order chi connectivity index (χ1) is 18.4. The molecule has 0 saturated carbocycles. The van der Waals surface area contributed by atoms with Gasteiger partial charge in [0.2, 0.25) is 5.91 Å². The Morgan fingerprint density at radius 3 is 2.45 bits per heavy atom. The molecule has 2 aromatic carbocycles. The summed E-state index contributed by atoms with van der Waals surface area (Å²) >= 11 is 0. The highest BCUT2D eigenvalue weighted by atomic mass is 32.2. The maximum absolute atomic E-state index is 13.4. The second kappa shape index (κ2) is 12.8. The fourth-order valence-corrected chi connectivity index (χ4v) is 5.01. The van der Waals surface area contributed by atoms with Crippen molar-refractivity contribution in [3.05, 3.63) is 112 Å². The second-order valence-corrected chi connectivity index (χ2v) is 10.2. The second-order valence-electron chi connectivity index (χ2n) is 8.71. The Balaban J connectivity index is 1.52. The number of nitrogens with one attached hydrogen (secondary N) is 2. The summed E-state index contributed by atoms with van der Waals surface area (Å²) in [4.78, 5) is 35.4. The van der Waals surface area contributed by atoms with E-state index in [1.807, 2.05) is 43.3 Å². The van der Waals surface area contributed by atoms with Gasteiger partial charge < -0.3 is 16.4 Å². The number of hydrogen-bond donors (Lipinski definition) is 3. The van der Waals surface area contributed by atoms with Crippen LogP contribution in [0.5, 0.6) is 0 Å². The molecule has 4 N–H and O–H groups in total. The van der Waals surface area contributed by atoms with Crippen LogP contribution in [0.25, 0.3) is 0 Å². The Morgan fingerprint density at radius 2 is 1.74 bits per heavy atom. The number of anilines is 2. The van der Waals surface area contributed by atoms with E-state index in [1.165, 1.54) is 10.8 Å². The summed E-state index contributed by atoms with van der Waals surface area (Å²) in [6, 6.07) is 22.4. The highest BCUT2D eigenvalue weighted by Crippen LogP contribution is 2.13. The molecule has 9 nitrogen and oxygen atoms in total. The largest absolute Gasteiger partial charge is 0.384 e. The molecule has 0 aliphatic heterocycles. The van der Waals surface area contributed by atoms with Crippen molar-refractivity contribution in [1.82, 2.24) is 19.9 Å². The van der Waals surface area contributed by atoms with Crippen LogP contribution in [0.2, 0.25) is 0 Å². The fourth-order valence-electron chi connectivity index (χ4n) is 3.88. The van der Waals surface area contributed by atoms with E-state index in [0.29, 0.717) is 29.4 Å². The molecular formula is C28H30N6O3S. The van der Waals surface area contributed by atoms with Crippen molar-refractivity contribution in [2.24, 2.45) is 0 Å². The summed E-state index contributed by atoms with van der Waals surface area (Å²) in [5.41, 5.74) is 8.34. The van der Waals surface area contributed by atoms with Gasteiger partial charge in [-0.25, -0.2) is 9.97 Å². The third kappa shape index (κ3) is 7.13. The summed E-state index contributed by atoms with van der Waals surface area (Å²) in [5, 5.41) is 5.92. The van der Waals surface area contributed by atoms with Gasteiger partial charge in [-0.05, 0) is 42.7 Å². The first-order valence-electron chi connectivity index (χ1n) is 12.2. The molecule has 0 fully saturated rings. The quantitative estimate of drug-likeness (QED) is 0.272. The molecular weight excluding hydrogens is 500 g/mol. The zero-order valence-corrected chi connectivity index (χ0v) is 21.9. The number of carbonyl (C=O) groups excluding carboxylic acids is 1. The minimum absolute atomic E-state index is 0.0464. The van der Waals surface area contributed by atoms with Gasteiger partial charge in [0, 0.05) is 23.7 Å². The first kappa shape index (κ1) is 26.7. The van der Waals surface area contributed by atoms with Crippen molar-refractivity contribution >= 4 is 28.3 Å². The van der Waals surface area contributed by atoms with E-state index < -0.39 is 16.4 Å². The third-order valence-corrected chi connectivity index (χ3v) is 7.32. The smallest absolute Gasteiger partial charge is 0.294 e. The Hall–Kier alpha value is -4.31. The minimum atomic E-state index is -1.42. The van der Waals surface area contributed by atoms with Crippen molar-refractivity contribution in [2.75, 3.05) is 17.6 Å². The molecule has 0 aliphatic carbocycles. The van der Waals surface area contributed by atoms with Crippen LogP contribution in [0, 0.1) is 6.92 Å². The average Bonchev–Trinajstić information content (AvgIpc) is 2.92. The van der Waals surface area contributed by atoms with Crippen LogP contribution in [0.4, 0.5) is 11.6 Å². The molecule has 2 heterocycles. The monoisotopic (exact) mass is 530 g/mol. The number of aromatic nitrogens is 3. The molecule has 38 heavy (non-hydrogen) atoms. The number of nitrogen functional groups attached to an aromatic ring is 1. The first-order valence-corrected chi connectivity index (χ1v) is 13.5. The molecule has 1 unspecified atom stereocenters. The van der Waals surface area contributed by atoms with Gasteiger partial charge >= 0.3 is 0 Å². The van der Waals surface area contributed by atoms with E-state index in [2.05, 4.69) is 20.6 Å². The summed E-state index contributed by atoms with van der Waals surface area (Å²) in [6.07, 6.45) is 2.21. The number of carbonyl (C=O) groups is 1. The molecule has 1 amide bonds. The fraction of sp³-hybridized carbons (Fsp3) is 0.214. The van der Waals surface area contributed by atoms with E-state index in [9.17, 15) is 13.8 Å². The number of benzene rings is 2. The molecule has 1 atom stereocenters. The number of nitrogens with two attached hydrogens (primary N) is 1. The van der Waals surface area contributed by atoms with Crippen molar-refractivity contribution in [3.8, 4) is 0 Å². The van der Waals surface area contributed by atoms with E-state index in [-0.39, 0.29) is 30.6 Å². The minimum Gasteiger partial charge on any atom is -0.384 e. The third-order valence-electron chi connectivity index (χ3n) is 5.97. The predicted molar refractivity (Wildman–Crippen MR) is 149 cm³/mol. The number of nitrogens with zero attached hydrogens (tertiary/aromatic N) is 3. The lowest BCUT2D eigenvalue weighted by Crippen LogP contribution is -2.35. The highest BCUT2D eigenvalue weighted by molar-refractivity contribution is 7.84. The van der Waals surface area contributed by atoms with E-state index >= 15 is 0 Å². The normalized spacial score (nSPS) is 11.6. The van der Waals surface area contributed by atoms with E-state index in [1.54, 1.807) is 36.4 Å². The molecule has 0 saturated heterocycles. The van der Waals surface area contributed by atoms with Gasteiger partial charge in [0.1, 0.15) is 12.4 Å². The zero-order chi connectivity index (χ0) is 26.9. The number of hydrogen-bond acceptors (Lipinski definition) is 7. The maximum Gasteiger partial charge on any atom is 0.294 e. The van der Waals surface area contributed by atoms with Crippen molar-refractivity contribution in [2.45, 2.75) is 37.1 Å². The predicted octanol–water partition coefficient (Wildman–Crippen LogP) is 2.81. The molecule has 0 radical (unpaired) electrons. The Morgan fingerprint density at radius 1 is 1.03 bits per heavy atom. The van der Waals surface area contributed by atoms with Gasteiger partial charge in [0.05, 0.1) is 28.4 Å². The van der Waals surface area contributed by atoms with Crippen LogP contribution < -0.4 is 21.9 Å². The van der Waals surface area contributed by atoms with Gasteiger partial charge in [-0.3, -0.25) is 18.4 Å². The van der Waals surface area contributed by atoms with Crippen molar-refractivity contribution in [3.63, 3.8) is 0 Å². The van der Waals surface area contributed by atoms with Crippen LogP contribution in [0.3, 0.4) is 0 Å². The molecule has 0 bridgehead atoms. The van der Waals surface area contributed by atoms with E-state index in [0.717, 1.165) is 16.8 Å². The summed E-state index contributed by atoms with van der Waals surface area (Å²) in [6.45, 7) is 2.31.